The maximum absolute atomic E-state index is 12.1. The predicted octanol–water partition coefficient (Wildman–Crippen LogP) is 0.272. The molecule has 1 aliphatic heterocycles. The van der Waals surface area contributed by atoms with E-state index >= 15 is 0 Å². The van der Waals surface area contributed by atoms with E-state index in [2.05, 4.69) is 15.5 Å². The van der Waals surface area contributed by atoms with Gasteiger partial charge in [0.1, 0.15) is 0 Å². The average Bonchev–Trinajstić information content (AvgIpc) is 2.77. The Morgan fingerprint density at radius 2 is 2.05 bits per heavy atom. The van der Waals surface area contributed by atoms with Crippen LogP contribution in [0.3, 0.4) is 0 Å². The average molecular weight is 295 g/mol. The van der Waals surface area contributed by atoms with E-state index < -0.39 is 9.84 Å². The maximum atomic E-state index is 12.1. The first-order valence-electron chi connectivity index (χ1n) is 6.90. The number of carbonyl (C=O) groups is 1. The maximum Gasteiger partial charge on any atom is 0.272 e. The lowest BCUT2D eigenvalue weighted by Gasteiger charge is -2.15. The van der Waals surface area contributed by atoms with Crippen LogP contribution < -0.4 is 5.32 Å². The molecule has 0 radical (unpaired) electrons. The Labute approximate surface area is 117 Å². The number of sulfone groups is 1. The molecule has 1 atom stereocenters. The van der Waals surface area contributed by atoms with Gasteiger partial charge >= 0.3 is 0 Å². The van der Waals surface area contributed by atoms with Gasteiger partial charge in [0.25, 0.3) is 5.91 Å². The Bertz CT molecular complexity index is 642. The highest BCUT2D eigenvalue weighted by Crippen LogP contribution is 2.19. The smallest absolute Gasteiger partial charge is 0.272 e. The summed E-state index contributed by atoms with van der Waals surface area (Å²) in [7, 11) is -2.99. The molecule has 0 spiro atoms. The Balaban J connectivity index is 1.71. The van der Waals surface area contributed by atoms with Crippen molar-refractivity contribution in [2.75, 3.05) is 11.5 Å². The van der Waals surface area contributed by atoms with Gasteiger partial charge in [-0.15, -0.1) is 5.10 Å². The van der Waals surface area contributed by atoms with E-state index in [-0.39, 0.29) is 29.1 Å². The summed E-state index contributed by atoms with van der Waals surface area (Å²) in [4.78, 5) is 12.1. The number of rotatable bonds is 2. The molecule has 1 unspecified atom stereocenters. The number of nitrogens with zero attached hydrogens (tertiary/aromatic N) is 2. The largest absolute Gasteiger partial charge is 0.347 e. The Morgan fingerprint density at radius 3 is 2.80 bits per heavy atom. The van der Waals surface area contributed by atoms with Crippen molar-refractivity contribution in [2.24, 2.45) is 0 Å². The van der Waals surface area contributed by atoms with Crippen molar-refractivity contribution in [1.82, 2.24) is 15.5 Å². The van der Waals surface area contributed by atoms with E-state index in [1.54, 1.807) is 6.07 Å². The Hall–Kier alpha value is -1.50. The van der Waals surface area contributed by atoms with E-state index in [9.17, 15) is 13.2 Å². The number of amides is 1. The van der Waals surface area contributed by atoms with Gasteiger partial charge in [-0.25, -0.2) is 8.42 Å². The fraction of sp³-hybridized carbons (Fsp3) is 0.615. The number of hydrogen-bond donors (Lipinski definition) is 1. The molecule has 1 aromatic rings. The molecule has 6 nitrogen and oxygen atoms in total. The van der Waals surface area contributed by atoms with Crippen LogP contribution in [0.2, 0.25) is 0 Å². The number of carbonyl (C=O) groups excluding carboxylic acids is 1. The summed E-state index contributed by atoms with van der Waals surface area (Å²) in [5.41, 5.74) is 2.36. The van der Waals surface area contributed by atoms with Crippen molar-refractivity contribution in [3.63, 3.8) is 0 Å². The van der Waals surface area contributed by atoms with Gasteiger partial charge < -0.3 is 5.32 Å². The minimum Gasteiger partial charge on any atom is -0.347 e. The molecule has 0 bridgehead atoms. The molecule has 1 saturated heterocycles. The summed E-state index contributed by atoms with van der Waals surface area (Å²) in [5.74, 6) is -0.154. The molecule has 3 rings (SSSR count). The summed E-state index contributed by atoms with van der Waals surface area (Å²) in [6.07, 6.45) is 4.56. The van der Waals surface area contributed by atoms with Crippen molar-refractivity contribution in [1.29, 1.82) is 0 Å². The van der Waals surface area contributed by atoms with Gasteiger partial charge in [-0.05, 0) is 43.7 Å². The van der Waals surface area contributed by atoms with Crippen molar-refractivity contribution < 1.29 is 13.2 Å². The molecule has 1 N–H and O–H groups in total. The van der Waals surface area contributed by atoms with E-state index in [1.165, 1.54) is 0 Å². The minimum absolute atomic E-state index is 0.0249. The molecular weight excluding hydrogens is 278 g/mol. The molecule has 1 aliphatic carbocycles. The first kappa shape index (κ1) is 13.5. The highest BCUT2D eigenvalue weighted by molar-refractivity contribution is 7.91. The molecule has 108 valence electrons. The lowest BCUT2D eigenvalue weighted by Crippen LogP contribution is -2.36. The lowest BCUT2D eigenvalue weighted by atomic mass is 9.96. The SMILES string of the molecule is O=C(NC1CCS(=O)(=O)C1)c1cc2c(nn1)CCCC2. The summed E-state index contributed by atoms with van der Waals surface area (Å²) in [6.45, 7) is 0. The zero-order valence-corrected chi connectivity index (χ0v) is 11.9. The van der Waals surface area contributed by atoms with Crippen LogP contribution in [0, 0.1) is 0 Å². The van der Waals surface area contributed by atoms with Crippen LogP contribution in [0.5, 0.6) is 0 Å². The van der Waals surface area contributed by atoms with Gasteiger partial charge in [-0.2, -0.15) is 5.10 Å². The van der Waals surface area contributed by atoms with Gasteiger partial charge in [0.15, 0.2) is 15.5 Å². The molecule has 0 aromatic carbocycles. The second kappa shape index (κ2) is 5.12. The van der Waals surface area contributed by atoms with E-state index in [4.69, 9.17) is 0 Å². The van der Waals surface area contributed by atoms with Crippen LogP contribution in [0.4, 0.5) is 0 Å². The van der Waals surface area contributed by atoms with Crippen molar-refractivity contribution in [3.8, 4) is 0 Å². The zero-order chi connectivity index (χ0) is 14.2. The van der Waals surface area contributed by atoms with Crippen LogP contribution in [0.15, 0.2) is 6.07 Å². The van der Waals surface area contributed by atoms with Gasteiger partial charge in [-0.3, -0.25) is 4.79 Å². The summed E-state index contributed by atoms with van der Waals surface area (Å²) in [5, 5.41) is 10.8. The van der Waals surface area contributed by atoms with Crippen molar-refractivity contribution in [3.05, 3.63) is 23.0 Å². The number of fused-ring (bicyclic) bond motifs is 1. The third-order valence-corrected chi connectivity index (χ3v) is 5.64. The van der Waals surface area contributed by atoms with Crippen LogP contribution >= 0.6 is 0 Å². The Morgan fingerprint density at radius 1 is 1.25 bits per heavy atom. The highest BCUT2D eigenvalue weighted by atomic mass is 32.2. The van der Waals surface area contributed by atoms with Crippen LogP contribution in [0.1, 0.15) is 41.0 Å². The molecule has 7 heteroatoms. The quantitative estimate of drug-likeness (QED) is 0.846. The summed E-state index contributed by atoms with van der Waals surface area (Å²) >= 11 is 0. The molecule has 2 heterocycles. The second-order valence-corrected chi connectivity index (χ2v) is 7.71. The van der Waals surface area contributed by atoms with Gasteiger partial charge in [0.05, 0.1) is 17.2 Å². The Kier molecular flexibility index (Phi) is 3.45. The fourth-order valence-corrected chi connectivity index (χ4v) is 4.44. The molecule has 2 aliphatic rings. The number of hydrogen-bond acceptors (Lipinski definition) is 5. The topological polar surface area (TPSA) is 89.0 Å². The number of aromatic nitrogens is 2. The van der Waals surface area contributed by atoms with Crippen molar-refractivity contribution in [2.45, 2.75) is 38.1 Å². The second-order valence-electron chi connectivity index (χ2n) is 5.48. The van der Waals surface area contributed by atoms with Crippen LogP contribution in [-0.4, -0.2) is 42.1 Å². The van der Waals surface area contributed by atoms with E-state index in [1.807, 2.05) is 0 Å². The molecule has 0 saturated carbocycles. The first-order valence-corrected chi connectivity index (χ1v) is 8.72. The zero-order valence-electron chi connectivity index (χ0n) is 11.1. The lowest BCUT2D eigenvalue weighted by molar-refractivity contribution is 0.0935. The third kappa shape index (κ3) is 2.82. The van der Waals surface area contributed by atoms with Crippen molar-refractivity contribution >= 4 is 15.7 Å². The van der Waals surface area contributed by atoms with Crippen LogP contribution in [0.25, 0.3) is 0 Å². The number of aryl methyl sites for hydroxylation is 2. The summed E-state index contributed by atoms with van der Waals surface area (Å²) in [6, 6.07) is 1.49. The minimum atomic E-state index is -2.99. The molecule has 1 amide bonds. The molecule has 1 fully saturated rings. The monoisotopic (exact) mass is 295 g/mol. The number of nitrogens with one attached hydrogen (secondary N) is 1. The van der Waals surface area contributed by atoms with E-state index in [0.717, 1.165) is 36.9 Å². The third-order valence-electron chi connectivity index (χ3n) is 3.87. The van der Waals surface area contributed by atoms with E-state index in [0.29, 0.717) is 6.42 Å². The van der Waals surface area contributed by atoms with Gasteiger partial charge in [0, 0.05) is 6.04 Å². The molecule has 1 aromatic heterocycles. The summed E-state index contributed by atoms with van der Waals surface area (Å²) < 4.78 is 22.7. The standard InChI is InChI=1S/C13H17N3O3S/c17-13(14-10-5-6-20(18,19)8-10)12-7-9-3-1-2-4-11(9)15-16-12/h7,10H,1-6,8H2,(H,14,17). The van der Waals surface area contributed by atoms with Crippen LogP contribution in [-0.2, 0) is 22.7 Å². The van der Waals surface area contributed by atoms with Gasteiger partial charge in [0.2, 0.25) is 0 Å². The molecular formula is C13H17N3O3S. The fourth-order valence-electron chi connectivity index (χ4n) is 2.77. The molecule has 20 heavy (non-hydrogen) atoms. The normalized spacial score (nSPS) is 24.1. The predicted molar refractivity (Wildman–Crippen MR) is 73.2 cm³/mol. The van der Waals surface area contributed by atoms with Gasteiger partial charge in [-0.1, -0.05) is 0 Å². The highest BCUT2D eigenvalue weighted by Gasteiger charge is 2.29. The first-order chi connectivity index (χ1) is 9.53.